The Balaban J connectivity index is 2.05. The summed E-state index contributed by atoms with van der Waals surface area (Å²) in [5.41, 5.74) is 3.97. The van der Waals surface area contributed by atoms with Gasteiger partial charge >= 0.3 is 0 Å². The fourth-order valence-corrected chi connectivity index (χ4v) is 1.58. The zero-order valence-corrected chi connectivity index (χ0v) is 12.2. The third-order valence-corrected chi connectivity index (χ3v) is 2.83. The van der Waals surface area contributed by atoms with Crippen LogP contribution in [0.1, 0.15) is 0 Å². The predicted octanol–water partition coefficient (Wildman–Crippen LogP) is 5.03. The highest BCUT2D eigenvalue weighted by molar-refractivity contribution is 6.30. The van der Waals surface area contributed by atoms with E-state index in [-0.39, 0.29) is 5.84 Å². The number of anilines is 1. The predicted molar refractivity (Wildman–Crippen MR) is 84.1 cm³/mol. The summed E-state index contributed by atoms with van der Waals surface area (Å²) in [7, 11) is 0. The first-order chi connectivity index (χ1) is 10.2. The summed E-state index contributed by atoms with van der Waals surface area (Å²) in [6.45, 7) is 0. The van der Waals surface area contributed by atoms with Crippen LogP contribution in [-0.4, -0.2) is 5.84 Å². The van der Waals surface area contributed by atoms with E-state index in [1.807, 2.05) is 6.07 Å². The molecule has 2 aromatic rings. The van der Waals surface area contributed by atoms with Crippen molar-refractivity contribution in [2.75, 3.05) is 5.43 Å². The Morgan fingerprint density at radius 2 is 1.52 bits per heavy atom. The maximum atomic E-state index is 8.95. The largest absolute Gasteiger partial charge is 0.276 e. The number of amidine groups is 1. The lowest BCUT2D eigenvalue weighted by atomic mass is 10.3. The fourth-order valence-electron chi connectivity index (χ4n) is 1.32. The number of nitriles is 1. The summed E-state index contributed by atoms with van der Waals surface area (Å²) >= 11 is 11.5. The number of azo groups is 1. The summed E-state index contributed by atoms with van der Waals surface area (Å²) in [6, 6.07) is 15.5. The molecule has 0 saturated heterocycles. The topological polar surface area (TPSA) is 72.9 Å². The molecule has 0 radical (unpaired) electrons. The van der Waals surface area contributed by atoms with Gasteiger partial charge in [-0.2, -0.15) is 5.26 Å². The van der Waals surface area contributed by atoms with Crippen LogP contribution in [0.2, 0.25) is 10.0 Å². The van der Waals surface area contributed by atoms with Crippen LogP contribution in [0.3, 0.4) is 0 Å². The van der Waals surface area contributed by atoms with Crippen LogP contribution in [-0.2, 0) is 0 Å². The van der Waals surface area contributed by atoms with Crippen molar-refractivity contribution in [1.29, 1.82) is 5.26 Å². The summed E-state index contributed by atoms with van der Waals surface area (Å²) in [5.74, 6) is -0.0973. The number of hydrogen-bond donors (Lipinski definition) is 1. The smallest absolute Gasteiger partial charge is 0.270 e. The minimum absolute atomic E-state index is 0.0973. The molecule has 5 nitrogen and oxygen atoms in total. The lowest BCUT2D eigenvalue weighted by Gasteiger charge is -1.99. The normalized spacial score (nSPS) is 11.4. The van der Waals surface area contributed by atoms with Crippen LogP contribution >= 0.6 is 23.2 Å². The molecule has 104 valence electrons. The minimum Gasteiger partial charge on any atom is -0.276 e. The fraction of sp³-hybridized carbons (Fsp3) is 0. The molecule has 0 saturated carbocycles. The van der Waals surface area contributed by atoms with Crippen LogP contribution in [0.5, 0.6) is 0 Å². The monoisotopic (exact) mass is 317 g/mol. The molecule has 21 heavy (non-hydrogen) atoms. The second-order valence-corrected chi connectivity index (χ2v) is 4.72. The van der Waals surface area contributed by atoms with Gasteiger partial charge in [0, 0.05) is 10.0 Å². The van der Waals surface area contributed by atoms with E-state index in [1.165, 1.54) is 0 Å². The molecule has 0 aromatic heterocycles. The average molecular weight is 318 g/mol. The maximum absolute atomic E-state index is 8.95. The number of nitrogens with one attached hydrogen (secondary N) is 1. The van der Waals surface area contributed by atoms with Crippen molar-refractivity contribution in [2.45, 2.75) is 0 Å². The Morgan fingerprint density at radius 1 is 0.952 bits per heavy atom. The highest BCUT2D eigenvalue weighted by Crippen LogP contribution is 2.17. The minimum atomic E-state index is -0.0973. The molecule has 0 aliphatic carbocycles. The van der Waals surface area contributed by atoms with E-state index in [1.54, 1.807) is 48.5 Å². The van der Waals surface area contributed by atoms with Gasteiger partial charge in [-0.1, -0.05) is 23.2 Å². The van der Waals surface area contributed by atoms with Crippen LogP contribution in [0.15, 0.2) is 63.9 Å². The first-order valence-electron chi connectivity index (χ1n) is 5.84. The molecule has 2 aromatic carbocycles. The second-order valence-electron chi connectivity index (χ2n) is 3.84. The van der Waals surface area contributed by atoms with Gasteiger partial charge in [0.25, 0.3) is 5.84 Å². The lowest BCUT2D eigenvalue weighted by molar-refractivity contribution is 1.23. The first-order valence-corrected chi connectivity index (χ1v) is 6.59. The molecule has 0 bridgehead atoms. The Hall–Kier alpha value is -2.42. The lowest BCUT2D eigenvalue weighted by Crippen LogP contribution is -1.95. The maximum Gasteiger partial charge on any atom is 0.270 e. The third kappa shape index (κ3) is 4.88. The molecule has 0 unspecified atom stereocenters. The van der Waals surface area contributed by atoms with E-state index in [0.29, 0.717) is 21.4 Å². The number of hydrogen-bond acceptors (Lipinski definition) is 4. The standard InChI is InChI=1S/C14H9Cl2N5/c15-10-1-5-12(6-2-10)18-20-14(9-17)21-19-13-7-3-11(16)4-8-13/h1-8,18H/b20-14+,21-19?. The summed E-state index contributed by atoms with van der Waals surface area (Å²) in [6.07, 6.45) is 0. The molecule has 0 spiro atoms. The van der Waals surface area contributed by atoms with Crippen molar-refractivity contribution in [2.24, 2.45) is 15.3 Å². The molecule has 0 heterocycles. The number of hydrazone groups is 1. The second kappa shape index (κ2) is 7.39. The van der Waals surface area contributed by atoms with Gasteiger partial charge in [-0.15, -0.1) is 15.3 Å². The van der Waals surface area contributed by atoms with Gasteiger partial charge in [0.2, 0.25) is 0 Å². The van der Waals surface area contributed by atoms with Gasteiger partial charge in [-0.3, -0.25) is 5.43 Å². The van der Waals surface area contributed by atoms with Gasteiger partial charge in [0.15, 0.2) is 0 Å². The highest BCUT2D eigenvalue weighted by Gasteiger charge is 1.96. The van der Waals surface area contributed by atoms with E-state index in [0.717, 1.165) is 0 Å². The Morgan fingerprint density at radius 3 is 2.10 bits per heavy atom. The van der Waals surface area contributed by atoms with Gasteiger partial charge in [0.1, 0.15) is 6.07 Å². The molecular weight excluding hydrogens is 309 g/mol. The molecule has 0 amide bonds. The van der Waals surface area contributed by atoms with E-state index >= 15 is 0 Å². The molecule has 1 N–H and O–H groups in total. The number of benzene rings is 2. The van der Waals surface area contributed by atoms with Crippen LogP contribution in [0, 0.1) is 11.3 Å². The molecule has 7 heteroatoms. The SMILES string of the molecule is N#C/C(N=Nc1ccc(Cl)cc1)=N\Nc1ccc(Cl)cc1. The molecule has 0 aliphatic heterocycles. The highest BCUT2D eigenvalue weighted by atomic mass is 35.5. The van der Waals surface area contributed by atoms with Crippen molar-refractivity contribution < 1.29 is 0 Å². The Kier molecular flexibility index (Phi) is 5.27. The Labute approximate surface area is 131 Å². The zero-order valence-electron chi connectivity index (χ0n) is 10.7. The third-order valence-electron chi connectivity index (χ3n) is 2.32. The van der Waals surface area contributed by atoms with Gasteiger partial charge in [-0.05, 0) is 48.5 Å². The van der Waals surface area contributed by atoms with Crippen molar-refractivity contribution in [3.8, 4) is 6.07 Å². The summed E-state index contributed by atoms with van der Waals surface area (Å²) in [4.78, 5) is 0. The van der Waals surface area contributed by atoms with Gasteiger partial charge in [-0.25, -0.2) is 0 Å². The molecule has 0 atom stereocenters. The first kappa shape index (κ1) is 15.0. The average Bonchev–Trinajstić information content (AvgIpc) is 2.51. The van der Waals surface area contributed by atoms with Crippen molar-refractivity contribution in [1.82, 2.24) is 0 Å². The van der Waals surface area contributed by atoms with Gasteiger partial charge in [0.05, 0.1) is 11.4 Å². The molecular formula is C14H9Cl2N5. The zero-order chi connectivity index (χ0) is 15.1. The molecule has 0 aliphatic rings. The molecule has 0 fully saturated rings. The number of halogens is 2. The van der Waals surface area contributed by atoms with E-state index in [9.17, 15) is 0 Å². The van der Waals surface area contributed by atoms with Crippen LogP contribution < -0.4 is 5.43 Å². The van der Waals surface area contributed by atoms with Crippen molar-refractivity contribution in [3.05, 3.63) is 58.6 Å². The van der Waals surface area contributed by atoms with Gasteiger partial charge < -0.3 is 0 Å². The van der Waals surface area contributed by atoms with Crippen LogP contribution in [0.4, 0.5) is 11.4 Å². The van der Waals surface area contributed by atoms with Crippen LogP contribution in [0.25, 0.3) is 0 Å². The molecule has 2 rings (SSSR count). The number of rotatable bonds is 3. The summed E-state index contributed by atoms with van der Waals surface area (Å²) < 4.78 is 0. The Bertz CT molecular complexity index is 700. The number of nitrogens with zero attached hydrogens (tertiary/aromatic N) is 4. The van der Waals surface area contributed by atoms with Crippen molar-refractivity contribution >= 4 is 40.4 Å². The quantitative estimate of drug-likeness (QED) is 0.373. The van der Waals surface area contributed by atoms with E-state index < -0.39 is 0 Å². The van der Waals surface area contributed by atoms with E-state index in [2.05, 4.69) is 20.8 Å². The van der Waals surface area contributed by atoms with E-state index in [4.69, 9.17) is 28.5 Å². The van der Waals surface area contributed by atoms with Crippen molar-refractivity contribution in [3.63, 3.8) is 0 Å². The summed E-state index contributed by atoms with van der Waals surface area (Å²) in [5, 5.41) is 21.7.